The molecule has 2 rings (SSSR count). The van der Waals surface area contributed by atoms with Gasteiger partial charge in [-0.1, -0.05) is 60.7 Å². The maximum absolute atomic E-state index is 12.3. The van der Waals surface area contributed by atoms with E-state index in [1.54, 1.807) is 30.3 Å². The van der Waals surface area contributed by atoms with Crippen LogP contribution in [0, 0.1) is 0 Å². The number of rotatable bonds is 4. The number of carbonyl (C=O) groups excluding carboxylic acids is 2. The molecule has 2 heteroatoms. The lowest BCUT2D eigenvalue weighted by atomic mass is 9.98. The summed E-state index contributed by atoms with van der Waals surface area (Å²) in [5, 5.41) is 0. The molecule has 0 aromatic heterocycles. The highest BCUT2D eigenvalue weighted by Gasteiger charge is 2.15. The number of ketones is 2. The zero-order valence-corrected chi connectivity index (χ0v) is 10.7. The van der Waals surface area contributed by atoms with Gasteiger partial charge in [0.25, 0.3) is 0 Å². The highest BCUT2D eigenvalue weighted by atomic mass is 16.1. The second-order valence-corrected chi connectivity index (χ2v) is 4.22. The molecule has 19 heavy (non-hydrogen) atoms. The van der Waals surface area contributed by atoms with E-state index in [1.807, 2.05) is 36.4 Å². The van der Waals surface area contributed by atoms with Crippen LogP contribution in [0.25, 0.3) is 6.08 Å². The Balaban J connectivity index is 2.40. The average molecular weight is 250 g/mol. The molecule has 0 aliphatic rings. The van der Waals surface area contributed by atoms with E-state index < -0.39 is 0 Å². The van der Waals surface area contributed by atoms with E-state index in [0.717, 1.165) is 5.56 Å². The predicted molar refractivity (Wildman–Crippen MR) is 75.9 cm³/mol. The van der Waals surface area contributed by atoms with Crippen molar-refractivity contribution < 1.29 is 9.59 Å². The molecule has 0 spiro atoms. The molecule has 0 saturated carbocycles. The summed E-state index contributed by atoms with van der Waals surface area (Å²) in [6.07, 6.45) is 1.64. The fourth-order valence-electron chi connectivity index (χ4n) is 1.79. The summed E-state index contributed by atoms with van der Waals surface area (Å²) in [5.41, 5.74) is 1.58. The highest BCUT2D eigenvalue weighted by Crippen LogP contribution is 2.13. The third-order valence-electron chi connectivity index (χ3n) is 2.77. The fourth-order valence-corrected chi connectivity index (χ4v) is 1.79. The van der Waals surface area contributed by atoms with Crippen LogP contribution in [0.2, 0.25) is 0 Å². The molecule has 0 N–H and O–H groups in total. The first-order chi connectivity index (χ1) is 9.18. The maximum atomic E-state index is 12.3. The minimum absolute atomic E-state index is 0.206. The number of hydrogen-bond donors (Lipinski definition) is 0. The normalized spacial score (nSPS) is 11.1. The van der Waals surface area contributed by atoms with Gasteiger partial charge < -0.3 is 0 Å². The van der Waals surface area contributed by atoms with E-state index in [1.165, 1.54) is 6.92 Å². The molecule has 0 unspecified atom stereocenters. The van der Waals surface area contributed by atoms with Crippen LogP contribution in [0.3, 0.4) is 0 Å². The van der Waals surface area contributed by atoms with Crippen molar-refractivity contribution in [3.8, 4) is 0 Å². The summed E-state index contributed by atoms with van der Waals surface area (Å²) in [5.74, 6) is -0.463. The van der Waals surface area contributed by atoms with Gasteiger partial charge in [0.2, 0.25) is 0 Å². The molecule has 2 aromatic rings. The summed E-state index contributed by atoms with van der Waals surface area (Å²) in [4.78, 5) is 24.0. The molecule has 0 amide bonds. The van der Waals surface area contributed by atoms with Gasteiger partial charge >= 0.3 is 0 Å². The van der Waals surface area contributed by atoms with Gasteiger partial charge in [-0.3, -0.25) is 9.59 Å². The van der Waals surface area contributed by atoms with Crippen LogP contribution in [0.15, 0.2) is 66.2 Å². The molecule has 0 aliphatic carbocycles. The van der Waals surface area contributed by atoms with Gasteiger partial charge in [0.1, 0.15) is 0 Å². The molecule has 94 valence electrons. The Bertz CT molecular complexity index is 610. The van der Waals surface area contributed by atoms with E-state index >= 15 is 0 Å². The van der Waals surface area contributed by atoms with Gasteiger partial charge in [0.05, 0.1) is 5.57 Å². The van der Waals surface area contributed by atoms with Crippen LogP contribution < -0.4 is 0 Å². The average Bonchev–Trinajstić information content (AvgIpc) is 2.46. The monoisotopic (exact) mass is 250 g/mol. The van der Waals surface area contributed by atoms with Crippen molar-refractivity contribution in [2.45, 2.75) is 6.92 Å². The van der Waals surface area contributed by atoms with Crippen molar-refractivity contribution >= 4 is 17.6 Å². The van der Waals surface area contributed by atoms with E-state index in [2.05, 4.69) is 0 Å². The topological polar surface area (TPSA) is 34.1 Å². The molecule has 0 fully saturated rings. The number of benzene rings is 2. The maximum Gasteiger partial charge on any atom is 0.196 e. The minimum atomic E-state index is -0.239. The van der Waals surface area contributed by atoms with Crippen LogP contribution in [0.1, 0.15) is 22.8 Å². The molecular weight excluding hydrogens is 236 g/mol. The van der Waals surface area contributed by atoms with Crippen LogP contribution in [0.5, 0.6) is 0 Å². The summed E-state index contributed by atoms with van der Waals surface area (Å²) < 4.78 is 0. The Morgan fingerprint density at radius 1 is 0.842 bits per heavy atom. The van der Waals surface area contributed by atoms with Gasteiger partial charge in [0, 0.05) is 5.56 Å². The fraction of sp³-hybridized carbons (Fsp3) is 0.0588. The van der Waals surface area contributed by atoms with Gasteiger partial charge in [-0.05, 0) is 18.6 Å². The molecule has 0 heterocycles. The first-order valence-corrected chi connectivity index (χ1v) is 6.06. The summed E-state index contributed by atoms with van der Waals surface area (Å²) >= 11 is 0. The molecule has 0 saturated heterocycles. The quantitative estimate of drug-likeness (QED) is 0.360. The number of hydrogen-bond acceptors (Lipinski definition) is 2. The summed E-state index contributed by atoms with van der Waals surface area (Å²) in [7, 11) is 0. The first-order valence-electron chi connectivity index (χ1n) is 6.06. The third kappa shape index (κ3) is 3.26. The molecule has 0 aliphatic heterocycles. The number of Topliss-reactive ketones (excluding diaryl/α,β-unsaturated/α-hetero) is 2. The summed E-state index contributed by atoms with van der Waals surface area (Å²) in [6, 6.07) is 18.2. The second-order valence-electron chi connectivity index (χ2n) is 4.22. The van der Waals surface area contributed by atoms with Gasteiger partial charge in [0.15, 0.2) is 11.6 Å². The van der Waals surface area contributed by atoms with Crippen molar-refractivity contribution in [3.05, 3.63) is 77.4 Å². The van der Waals surface area contributed by atoms with Crippen molar-refractivity contribution in [3.63, 3.8) is 0 Å². The van der Waals surface area contributed by atoms with E-state index in [4.69, 9.17) is 0 Å². The lowest BCUT2D eigenvalue weighted by Gasteiger charge is -2.03. The smallest absolute Gasteiger partial charge is 0.196 e. The van der Waals surface area contributed by atoms with E-state index in [-0.39, 0.29) is 17.1 Å². The Labute approximate surface area is 112 Å². The van der Waals surface area contributed by atoms with Gasteiger partial charge in [-0.15, -0.1) is 0 Å². The molecule has 2 aromatic carbocycles. The van der Waals surface area contributed by atoms with Crippen LogP contribution in [-0.2, 0) is 4.79 Å². The SMILES string of the molecule is CC(=O)/C(=C/c1ccccc1)C(=O)c1ccccc1. The Hall–Kier alpha value is -2.48. The lowest BCUT2D eigenvalue weighted by Crippen LogP contribution is -2.10. The van der Waals surface area contributed by atoms with Crippen LogP contribution >= 0.6 is 0 Å². The van der Waals surface area contributed by atoms with Crippen LogP contribution in [-0.4, -0.2) is 11.6 Å². The van der Waals surface area contributed by atoms with Crippen molar-refractivity contribution in [2.24, 2.45) is 0 Å². The van der Waals surface area contributed by atoms with Gasteiger partial charge in [-0.2, -0.15) is 0 Å². The Morgan fingerprint density at radius 3 is 1.89 bits per heavy atom. The standard InChI is InChI=1S/C17H14O2/c1-13(18)16(12-14-8-4-2-5-9-14)17(19)15-10-6-3-7-11-15/h2-12H,1H3/b16-12-. The molecule has 2 nitrogen and oxygen atoms in total. The van der Waals surface area contributed by atoms with Crippen LogP contribution in [0.4, 0.5) is 0 Å². The lowest BCUT2D eigenvalue weighted by molar-refractivity contribution is -0.113. The molecular formula is C17H14O2. The molecule has 0 atom stereocenters. The van der Waals surface area contributed by atoms with Crippen molar-refractivity contribution in [2.75, 3.05) is 0 Å². The minimum Gasteiger partial charge on any atom is -0.294 e. The predicted octanol–water partition coefficient (Wildman–Crippen LogP) is 3.54. The van der Waals surface area contributed by atoms with Crippen molar-refractivity contribution in [1.29, 1.82) is 0 Å². The first kappa shape index (κ1) is 13.0. The van der Waals surface area contributed by atoms with E-state index in [0.29, 0.717) is 5.56 Å². The van der Waals surface area contributed by atoms with Crippen molar-refractivity contribution in [1.82, 2.24) is 0 Å². The Kier molecular flexibility index (Phi) is 4.04. The summed E-state index contributed by atoms with van der Waals surface area (Å²) in [6.45, 7) is 1.41. The second kappa shape index (κ2) is 5.91. The zero-order valence-electron chi connectivity index (χ0n) is 10.7. The van der Waals surface area contributed by atoms with E-state index in [9.17, 15) is 9.59 Å². The number of allylic oxidation sites excluding steroid dienone is 1. The molecule has 0 bridgehead atoms. The largest absolute Gasteiger partial charge is 0.294 e. The number of carbonyl (C=O) groups is 2. The molecule has 0 radical (unpaired) electrons. The Morgan fingerprint density at radius 2 is 1.37 bits per heavy atom. The zero-order chi connectivity index (χ0) is 13.7. The van der Waals surface area contributed by atoms with Gasteiger partial charge in [-0.25, -0.2) is 0 Å². The third-order valence-corrected chi connectivity index (χ3v) is 2.77. The highest BCUT2D eigenvalue weighted by molar-refractivity contribution is 6.28.